The van der Waals surface area contributed by atoms with Crippen molar-refractivity contribution in [1.82, 2.24) is 9.55 Å². The second-order valence-electron chi connectivity index (χ2n) is 5.73. The molecule has 4 heteroatoms. The summed E-state index contributed by atoms with van der Waals surface area (Å²) >= 11 is 1.61. The van der Waals surface area contributed by atoms with Gasteiger partial charge in [-0.2, -0.15) is 0 Å². The smallest absolute Gasteiger partial charge is 0.164 e. The van der Waals surface area contributed by atoms with Gasteiger partial charge >= 0.3 is 0 Å². The molecule has 0 radical (unpaired) electrons. The lowest BCUT2D eigenvalue weighted by atomic mass is 10.1. The topological polar surface area (TPSA) is 34.9 Å². The maximum absolute atomic E-state index is 12.2. The number of hydrogen-bond donors (Lipinski definition) is 0. The fourth-order valence-electron chi connectivity index (χ4n) is 2.72. The molecule has 1 fully saturated rings. The Bertz CT molecular complexity index is 826. The highest BCUT2D eigenvalue weighted by molar-refractivity contribution is 7.12. The van der Waals surface area contributed by atoms with Crippen LogP contribution >= 0.6 is 11.3 Å². The van der Waals surface area contributed by atoms with Crippen molar-refractivity contribution >= 4 is 28.2 Å². The number of carbonyl (C=O) groups excluding carboxylic acids is 1. The maximum Gasteiger partial charge on any atom is 0.164 e. The van der Waals surface area contributed by atoms with Gasteiger partial charge in [0.1, 0.15) is 10.8 Å². The zero-order valence-corrected chi connectivity index (χ0v) is 12.7. The van der Waals surface area contributed by atoms with Crippen LogP contribution < -0.4 is 0 Å². The maximum atomic E-state index is 12.2. The first kappa shape index (κ1) is 12.8. The summed E-state index contributed by atoms with van der Waals surface area (Å²) in [6.45, 7) is 2.01. The van der Waals surface area contributed by atoms with E-state index in [1.165, 1.54) is 12.8 Å². The van der Waals surface area contributed by atoms with Crippen LogP contribution in [0.4, 0.5) is 0 Å². The number of benzene rings is 1. The molecular formula is C17H16N2OS. The molecule has 2 heterocycles. The van der Waals surface area contributed by atoms with Gasteiger partial charge in [0, 0.05) is 17.4 Å². The van der Waals surface area contributed by atoms with Crippen molar-refractivity contribution in [3.63, 3.8) is 0 Å². The van der Waals surface area contributed by atoms with Crippen molar-refractivity contribution in [3.05, 3.63) is 47.1 Å². The van der Waals surface area contributed by atoms with E-state index in [0.717, 1.165) is 27.4 Å². The third kappa shape index (κ3) is 2.29. The van der Waals surface area contributed by atoms with E-state index in [-0.39, 0.29) is 5.78 Å². The molecule has 1 saturated carbocycles. The van der Waals surface area contributed by atoms with E-state index in [9.17, 15) is 4.79 Å². The number of carbonyl (C=O) groups is 1. The third-order valence-corrected chi connectivity index (χ3v) is 4.94. The average molecular weight is 296 g/mol. The van der Waals surface area contributed by atoms with Crippen molar-refractivity contribution in [2.45, 2.75) is 26.2 Å². The van der Waals surface area contributed by atoms with Crippen molar-refractivity contribution in [3.8, 4) is 5.00 Å². The summed E-state index contributed by atoms with van der Waals surface area (Å²) in [6, 6.07) is 10.1. The minimum Gasteiger partial charge on any atom is -0.294 e. The van der Waals surface area contributed by atoms with E-state index in [1.807, 2.05) is 36.6 Å². The zero-order valence-electron chi connectivity index (χ0n) is 11.9. The fourth-order valence-corrected chi connectivity index (χ4v) is 3.69. The third-order valence-electron chi connectivity index (χ3n) is 4.03. The molecule has 2 aromatic heterocycles. The molecule has 1 aliphatic rings. The minimum atomic E-state index is 0.280. The molecule has 3 nitrogen and oxygen atoms in total. The SMILES string of the molecule is Cc1nc2ccccc2n1-c1cc(C(=O)CC2CC2)cs1. The fraction of sp³-hybridized carbons (Fsp3) is 0.294. The first-order valence-electron chi connectivity index (χ1n) is 7.28. The van der Waals surface area contributed by atoms with E-state index in [0.29, 0.717) is 12.3 Å². The molecule has 106 valence electrons. The predicted octanol–water partition coefficient (Wildman–Crippen LogP) is 4.38. The Labute approximate surface area is 127 Å². The van der Waals surface area contributed by atoms with Crippen LogP contribution in [0.1, 0.15) is 35.4 Å². The molecule has 0 N–H and O–H groups in total. The molecule has 0 atom stereocenters. The second-order valence-corrected chi connectivity index (χ2v) is 6.62. The van der Waals surface area contributed by atoms with Crippen LogP contribution in [0.2, 0.25) is 0 Å². The molecule has 0 bridgehead atoms. The second kappa shape index (κ2) is 4.81. The number of rotatable bonds is 4. The monoisotopic (exact) mass is 296 g/mol. The van der Waals surface area contributed by atoms with Crippen LogP contribution in [0.15, 0.2) is 35.7 Å². The lowest BCUT2D eigenvalue weighted by molar-refractivity contribution is 0.0976. The molecule has 4 rings (SSSR count). The Hall–Kier alpha value is -1.94. The summed E-state index contributed by atoms with van der Waals surface area (Å²) in [6.07, 6.45) is 3.14. The number of Topliss-reactive ketones (excluding diaryl/α,β-unsaturated/α-hetero) is 1. The van der Waals surface area contributed by atoms with Crippen molar-refractivity contribution in [1.29, 1.82) is 0 Å². The molecule has 1 aromatic carbocycles. The van der Waals surface area contributed by atoms with E-state index in [4.69, 9.17) is 0 Å². The van der Waals surface area contributed by atoms with Crippen LogP contribution in [0.5, 0.6) is 0 Å². The van der Waals surface area contributed by atoms with Crippen LogP contribution in [-0.4, -0.2) is 15.3 Å². The Morgan fingerprint density at radius 2 is 2.19 bits per heavy atom. The zero-order chi connectivity index (χ0) is 14.4. The number of aryl methyl sites for hydroxylation is 1. The Morgan fingerprint density at radius 1 is 1.38 bits per heavy atom. The largest absolute Gasteiger partial charge is 0.294 e. The van der Waals surface area contributed by atoms with Gasteiger partial charge in [-0.25, -0.2) is 4.98 Å². The van der Waals surface area contributed by atoms with E-state index in [2.05, 4.69) is 15.6 Å². The molecule has 0 saturated heterocycles. The van der Waals surface area contributed by atoms with Gasteiger partial charge in [0.25, 0.3) is 0 Å². The Balaban J connectivity index is 1.73. The number of nitrogens with zero attached hydrogens (tertiary/aromatic N) is 2. The summed E-state index contributed by atoms with van der Waals surface area (Å²) in [7, 11) is 0. The lowest BCUT2D eigenvalue weighted by Gasteiger charge is -2.02. The first-order chi connectivity index (χ1) is 10.2. The van der Waals surface area contributed by atoms with Crippen LogP contribution in [0.3, 0.4) is 0 Å². The average Bonchev–Trinajstić information content (AvgIpc) is 3.03. The Kier molecular flexibility index (Phi) is 2.93. The molecular weight excluding hydrogens is 280 g/mol. The highest BCUT2D eigenvalue weighted by atomic mass is 32.1. The quantitative estimate of drug-likeness (QED) is 0.670. The van der Waals surface area contributed by atoms with E-state index >= 15 is 0 Å². The van der Waals surface area contributed by atoms with E-state index in [1.54, 1.807) is 11.3 Å². The highest BCUT2D eigenvalue weighted by Crippen LogP contribution is 2.34. The molecule has 3 aromatic rings. The lowest BCUT2D eigenvalue weighted by Crippen LogP contribution is -1.98. The van der Waals surface area contributed by atoms with Crippen LogP contribution in [0, 0.1) is 12.8 Å². The van der Waals surface area contributed by atoms with Crippen LogP contribution in [-0.2, 0) is 0 Å². The number of aromatic nitrogens is 2. The van der Waals surface area contributed by atoms with Gasteiger partial charge in [-0.15, -0.1) is 11.3 Å². The number of hydrogen-bond acceptors (Lipinski definition) is 3. The number of thiophene rings is 1. The molecule has 0 unspecified atom stereocenters. The summed E-state index contributed by atoms with van der Waals surface area (Å²) < 4.78 is 2.13. The summed E-state index contributed by atoms with van der Waals surface area (Å²) in [5, 5.41) is 3.05. The minimum absolute atomic E-state index is 0.280. The van der Waals surface area contributed by atoms with E-state index < -0.39 is 0 Å². The van der Waals surface area contributed by atoms with Gasteiger partial charge in [0.2, 0.25) is 0 Å². The van der Waals surface area contributed by atoms with Gasteiger partial charge in [-0.1, -0.05) is 12.1 Å². The Morgan fingerprint density at radius 3 is 3.00 bits per heavy atom. The highest BCUT2D eigenvalue weighted by Gasteiger charge is 2.25. The molecule has 21 heavy (non-hydrogen) atoms. The summed E-state index contributed by atoms with van der Waals surface area (Å²) in [5.74, 6) is 1.87. The number of fused-ring (bicyclic) bond motifs is 1. The van der Waals surface area contributed by atoms with Gasteiger partial charge in [-0.3, -0.25) is 9.36 Å². The number of ketones is 1. The molecule has 0 spiro atoms. The number of imidazole rings is 1. The molecule has 0 amide bonds. The van der Waals surface area contributed by atoms with Gasteiger partial charge < -0.3 is 0 Å². The van der Waals surface area contributed by atoms with Crippen molar-refractivity contribution < 1.29 is 4.79 Å². The normalized spacial score (nSPS) is 14.7. The van der Waals surface area contributed by atoms with Gasteiger partial charge in [0.15, 0.2) is 5.78 Å². The van der Waals surface area contributed by atoms with Crippen LogP contribution in [0.25, 0.3) is 16.0 Å². The number of para-hydroxylation sites is 2. The van der Waals surface area contributed by atoms with Crippen molar-refractivity contribution in [2.75, 3.05) is 0 Å². The molecule has 1 aliphatic carbocycles. The first-order valence-corrected chi connectivity index (χ1v) is 8.16. The standard InChI is InChI=1S/C17H16N2OS/c1-11-18-14-4-2-3-5-15(14)19(11)17-9-13(10-21-17)16(20)8-12-6-7-12/h2-5,9-10,12H,6-8H2,1H3. The molecule has 0 aliphatic heterocycles. The van der Waals surface area contributed by atoms with Crippen molar-refractivity contribution in [2.24, 2.45) is 5.92 Å². The van der Waals surface area contributed by atoms with Gasteiger partial charge in [-0.05, 0) is 43.9 Å². The van der Waals surface area contributed by atoms with Gasteiger partial charge in [0.05, 0.1) is 11.0 Å². The summed E-state index contributed by atoms with van der Waals surface area (Å²) in [5.41, 5.74) is 2.94. The summed E-state index contributed by atoms with van der Waals surface area (Å²) in [4.78, 5) is 16.8. The predicted molar refractivity (Wildman–Crippen MR) is 85.4 cm³/mol.